The number of hydrogen-bond donors (Lipinski definition) is 2. The van der Waals surface area contributed by atoms with Crippen LogP contribution < -0.4 is 5.32 Å². The summed E-state index contributed by atoms with van der Waals surface area (Å²) in [5.41, 5.74) is 5.26. The van der Waals surface area contributed by atoms with Gasteiger partial charge in [-0.25, -0.2) is 0 Å². The van der Waals surface area contributed by atoms with E-state index in [-0.39, 0.29) is 0 Å². The Labute approximate surface area is 109 Å². The third-order valence-electron chi connectivity index (χ3n) is 3.31. The van der Waals surface area contributed by atoms with Crippen LogP contribution in [0.4, 0.5) is 0 Å². The average Bonchev–Trinajstić information content (AvgIpc) is 2.77. The van der Waals surface area contributed by atoms with Crippen molar-refractivity contribution in [1.82, 2.24) is 15.5 Å². The van der Waals surface area contributed by atoms with Gasteiger partial charge in [-0.2, -0.15) is 5.10 Å². The summed E-state index contributed by atoms with van der Waals surface area (Å²) in [6.07, 6.45) is 4.16. The van der Waals surface area contributed by atoms with Gasteiger partial charge in [-0.3, -0.25) is 5.10 Å². The summed E-state index contributed by atoms with van der Waals surface area (Å²) < 4.78 is 0. The number of benzene rings is 1. The van der Waals surface area contributed by atoms with E-state index in [1.807, 2.05) is 6.20 Å². The van der Waals surface area contributed by atoms with Crippen LogP contribution in [-0.4, -0.2) is 16.7 Å². The van der Waals surface area contributed by atoms with Crippen molar-refractivity contribution in [3.63, 3.8) is 0 Å². The molecule has 0 aliphatic rings. The number of aromatic nitrogens is 2. The third-order valence-corrected chi connectivity index (χ3v) is 3.31. The molecular formula is C15H21N3. The van der Waals surface area contributed by atoms with E-state index < -0.39 is 0 Å². The largest absolute Gasteiger partial charge is 0.313 e. The second-order valence-corrected chi connectivity index (χ2v) is 4.73. The minimum absolute atomic E-state index is 0.955. The smallest absolute Gasteiger partial charge is 0.0522 e. The Bertz CT molecular complexity index is 488. The SMILES string of the molecule is Cc1ccccc1CNCCCc1cn[nH]c1C. The molecule has 0 unspecified atom stereocenters. The molecule has 0 aliphatic carbocycles. The molecule has 2 aromatic rings. The minimum Gasteiger partial charge on any atom is -0.313 e. The van der Waals surface area contributed by atoms with Crippen LogP contribution in [0.3, 0.4) is 0 Å². The van der Waals surface area contributed by atoms with E-state index in [0.29, 0.717) is 0 Å². The van der Waals surface area contributed by atoms with Gasteiger partial charge in [0.25, 0.3) is 0 Å². The number of nitrogens with one attached hydrogen (secondary N) is 2. The zero-order chi connectivity index (χ0) is 12.8. The molecule has 0 atom stereocenters. The van der Waals surface area contributed by atoms with Gasteiger partial charge in [0.1, 0.15) is 0 Å². The van der Waals surface area contributed by atoms with Gasteiger partial charge in [0.2, 0.25) is 0 Å². The molecule has 0 aliphatic heterocycles. The predicted molar refractivity (Wildman–Crippen MR) is 74.5 cm³/mol. The lowest BCUT2D eigenvalue weighted by Crippen LogP contribution is -2.16. The van der Waals surface area contributed by atoms with Gasteiger partial charge in [0.15, 0.2) is 0 Å². The van der Waals surface area contributed by atoms with Crippen LogP contribution in [0, 0.1) is 13.8 Å². The molecule has 1 heterocycles. The first kappa shape index (κ1) is 12.8. The Balaban J connectivity index is 1.68. The highest BCUT2D eigenvalue weighted by Crippen LogP contribution is 2.07. The molecule has 0 spiro atoms. The molecule has 1 aromatic carbocycles. The van der Waals surface area contributed by atoms with Crippen molar-refractivity contribution in [2.75, 3.05) is 6.54 Å². The Hall–Kier alpha value is -1.61. The summed E-state index contributed by atoms with van der Waals surface area (Å²) in [5.74, 6) is 0. The highest BCUT2D eigenvalue weighted by atomic mass is 15.1. The van der Waals surface area contributed by atoms with Crippen LogP contribution in [0.5, 0.6) is 0 Å². The highest BCUT2D eigenvalue weighted by Gasteiger charge is 2.00. The molecule has 3 heteroatoms. The summed E-state index contributed by atoms with van der Waals surface area (Å²) in [4.78, 5) is 0. The standard InChI is InChI=1S/C15H21N3/c1-12-6-3-4-7-14(12)10-16-9-5-8-15-11-17-18-13(15)2/h3-4,6-7,11,16H,5,8-10H2,1-2H3,(H,17,18). The second-order valence-electron chi connectivity index (χ2n) is 4.73. The van der Waals surface area contributed by atoms with E-state index in [4.69, 9.17) is 0 Å². The normalized spacial score (nSPS) is 10.8. The fourth-order valence-corrected chi connectivity index (χ4v) is 2.06. The van der Waals surface area contributed by atoms with Gasteiger partial charge in [-0.15, -0.1) is 0 Å². The van der Waals surface area contributed by atoms with Crippen molar-refractivity contribution in [2.45, 2.75) is 33.2 Å². The molecule has 3 nitrogen and oxygen atoms in total. The zero-order valence-electron chi connectivity index (χ0n) is 11.2. The number of hydrogen-bond acceptors (Lipinski definition) is 2. The Morgan fingerprint density at radius 1 is 1.17 bits per heavy atom. The van der Waals surface area contributed by atoms with Gasteiger partial charge in [-0.05, 0) is 49.9 Å². The molecule has 0 radical (unpaired) electrons. The number of nitrogens with zero attached hydrogens (tertiary/aromatic N) is 1. The maximum absolute atomic E-state index is 4.03. The molecule has 18 heavy (non-hydrogen) atoms. The lowest BCUT2D eigenvalue weighted by Gasteiger charge is -2.07. The molecule has 0 saturated heterocycles. The van der Waals surface area contributed by atoms with Gasteiger partial charge in [0, 0.05) is 12.2 Å². The van der Waals surface area contributed by atoms with Crippen LogP contribution in [-0.2, 0) is 13.0 Å². The van der Waals surface area contributed by atoms with Crippen LogP contribution in [0.25, 0.3) is 0 Å². The van der Waals surface area contributed by atoms with Crippen LogP contribution in [0.1, 0.15) is 28.8 Å². The predicted octanol–water partition coefficient (Wildman–Crippen LogP) is 2.75. The van der Waals surface area contributed by atoms with Gasteiger partial charge in [0.05, 0.1) is 6.20 Å². The van der Waals surface area contributed by atoms with Crippen molar-refractivity contribution in [2.24, 2.45) is 0 Å². The fraction of sp³-hybridized carbons (Fsp3) is 0.400. The number of rotatable bonds is 6. The molecule has 0 saturated carbocycles. The molecule has 1 aromatic heterocycles. The quantitative estimate of drug-likeness (QED) is 0.766. The highest BCUT2D eigenvalue weighted by molar-refractivity contribution is 5.25. The van der Waals surface area contributed by atoms with Crippen LogP contribution in [0.2, 0.25) is 0 Å². The number of H-pyrrole nitrogens is 1. The van der Waals surface area contributed by atoms with Crippen LogP contribution >= 0.6 is 0 Å². The van der Waals surface area contributed by atoms with Gasteiger partial charge >= 0.3 is 0 Å². The summed E-state index contributed by atoms with van der Waals surface area (Å²) in [7, 11) is 0. The van der Waals surface area contributed by atoms with E-state index in [9.17, 15) is 0 Å². The molecule has 0 amide bonds. The van der Waals surface area contributed by atoms with Gasteiger partial charge in [-0.1, -0.05) is 24.3 Å². The van der Waals surface area contributed by atoms with Crippen molar-refractivity contribution in [3.8, 4) is 0 Å². The van der Waals surface area contributed by atoms with E-state index in [1.165, 1.54) is 22.4 Å². The molecule has 96 valence electrons. The maximum atomic E-state index is 4.03. The molecule has 0 fully saturated rings. The lowest BCUT2D eigenvalue weighted by molar-refractivity contribution is 0.647. The number of aromatic amines is 1. The second kappa shape index (κ2) is 6.36. The molecular weight excluding hydrogens is 222 g/mol. The first-order valence-electron chi connectivity index (χ1n) is 6.51. The zero-order valence-corrected chi connectivity index (χ0v) is 11.2. The van der Waals surface area contributed by atoms with E-state index in [1.54, 1.807) is 0 Å². The minimum atomic E-state index is 0.955. The van der Waals surface area contributed by atoms with Crippen molar-refractivity contribution in [3.05, 3.63) is 52.8 Å². The van der Waals surface area contributed by atoms with E-state index in [2.05, 4.69) is 53.6 Å². The average molecular weight is 243 g/mol. The maximum Gasteiger partial charge on any atom is 0.0522 e. The summed E-state index contributed by atoms with van der Waals surface area (Å²) >= 11 is 0. The molecule has 0 bridgehead atoms. The summed E-state index contributed by atoms with van der Waals surface area (Å²) in [5, 5.41) is 10.5. The van der Waals surface area contributed by atoms with Crippen molar-refractivity contribution >= 4 is 0 Å². The number of aryl methyl sites for hydroxylation is 3. The molecule has 2 N–H and O–H groups in total. The first-order valence-corrected chi connectivity index (χ1v) is 6.51. The Kier molecular flexibility index (Phi) is 4.53. The topological polar surface area (TPSA) is 40.7 Å². The van der Waals surface area contributed by atoms with E-state index in [0.717, 1.165) is 25.9 Å². The van der Waals surface area contributed by atoms with Crippen LogP contribution in [0.15, 0.2) is 30.5 Å². The first-order chi connectivity index (χ1) is 8.77. The van der Waals surface area contributed by atoms with Crippen molar-refractivity contribution in [1.29, 1.82) is 0 Å². The Morgan fingerprint density at radius 3 is 2.72 bits per heavy atom. The fourth-order valence-electron chi connectivity index (χ4n) is 2.06. The van der Waals surface area contributed by atoms with Crippen molar-refractivity contribution < 1.29 is 0 Å². The lowest BCUT2D eigenvalue weighted by atomic mass is 10.1. The third kappa shape index (κ3) is 3.44. The Morgan fingerprint density at radius 2 is 2.00 bits per heavy atom. The molecule has 2 rings (SSSR count). The summed E-state index contributed by atoms with van der Waals surface area (Å²) in [6, 6.07) is 8.52. The summed E-state index contributed by atoms with van der Waals surface area (Å²) in [6.45, 7) is 6.23. The van der Waals surface area contributed by atoms with Gasteiger partial charge < -0.3 is 5.32 Å². The monoisotopic (exact) mass is 243 g/mol. The van der Waals surface area contributed by atoms with E-state index >= 15 is 0 Å².